The highest BCUT2D eigenvalue weighted by Gasteiger charge is 2.31. The molecule has 22 heavy (non-hydrogen) atoms. The number of rotatable bonds is 6. The molecule has 114 valence electrons. The van der Waals surface area contributed by atoms with Gasteiger partial charge in [0.1, 0.15) is 5.82 Å². The Morgan fingerprint density at radius 1 is 1.36 bits per heavy atom. The molecule has 0 spiro atoms. The van der Waals surface area contributed by atoms with Crippen LogP contribution >= 0.6 is 11.6 Å². The van der Waals surface area contributed by atoms with Gasteiger partial charge in [0.25, 0.3) is 0 Å². The first-order valence-electron chi connectivity index (χ1n) is 7.39. The fourth-order valence-corrected chi connectivity index (χ4v) is 2.78. The number of hydrogen-bond donors (Lipinski definition) is 2. The Labute approximate surface area is 134 Å². The van der Waals surface area contributed by atoms with Crippen molar-refractivity contribution in [3.8, 4) is 0 Å². The third kappa shape index (κ3) is 3.57. The lowest BCUT2D eigenvalue weighted by Crippen LogP contribution is -2.25. The van der Waals surface area contributed by atoms with Gasteiger partial charge in [-0.15, -0.1) is 0 Å². The zero-order valence-electron chi connectivity index (χ0n) is 12.1. The van der Waals surface area contributed by atoms with Gasteiger partial charge in [-0.1, -0.05) is 41.9 Å². The van der Waals surface area contributed by atoms with Gasteiger partial charge >= 0.3 is 0 Å². The number of carbonyl (C=O) groups excluding carboxylic acids is 1. The summed E-state index contributed by atoms with van der Waals surface area (Å²) < 4.78 is 0. The number of pyridine rings is 1. The first kappa shape index (κ1) is 14.9. The van der Waals surface area contributed by atoms with E-state index < -0.39 is 5.91 Å². The summed E-state index contributed by atoms with van der Waals surface area (Å²) >= 11 is 6.21. The van der Waals surface area contributed by atoms with Crippen LogP contribution in [-0.4, -0.2) is 16.9 Å². The Morgan fingerprint density at radius 2 is 2.09 bits per heavy atom. The molecule has 0 aliphatic heterocycles. The molecule has 4 nitrogen and oxygen atoms in total. The third-order valence-corrected chi connectivity index (χ3v) is 4.23. The van der Waals surface area contributed by atoms with Crippen LogP contribution in [0.4, 0.5) is 5.82 Å². The molecule has 1 fully saturated rings. The van der Waals surface area contributed by atoms with Gasteiger partial charge in [-0.3, -0.25) is 4.79 Å². The van der Waals surface area contributed by atoms with Gasteiger partial charge in [-0.25, -0.2) is 4.98 Å². The van der Waals surface area contributed by atoms with Crippen molar-refractivity contribution in [2.24, 2.45) is 11.7 Å². The Hall–Kier alpha value is -2.07. The molecule has 3 rings (SSSR count). The highest BCUT2D eigenvalue weighted by atomic mass is 35.5. The van der Waals surface area contributed by atoms with Crippen LogP contribution in [0, 0.1) is 5.92 Å². The van der Waals surface area contributed by atoms with Crippen LogP contribution in [0.1, 0.15) is 28.8 Å². The minimum absolute atomic E-state index is 0.298. The van der Waals surface area contributed by atoms with E-state index in [4.69, 9.17) is 17.3 Å². The number of hydrogen-bond acceptors (Lipinski definition) is 3. The van der Waals surface area contributed by atoms with Gasteiger partial charge < -0.3 is 11.1 Å². The zero-order valence-corrected chi connectivity index (χ0v) is 12.9. The molecule has 0 radical (unpaired) electrons. The van der Waals surface area contributed by atoms with E-state index in [1.165, 1.54) is 24.6 Å². The summed E-state index contributed by atoms with van der Waals surface area (Å²) in [7, 11) is 0. The number of nitrogens with zero attached hydrogens (tertiary/aromatic N) is 1. The first-order valence-corrected chi connectivity index (χ1v) is 7.77. The molecular formula is C17H18ClN3O. The molecule has 3 N–H and O–H groups in total. The summed E-state index contributed by atoms with van der Waals surface area (Å²) in [6.45, 7) is 0. The smallest absolute Gasteiger partial charge is 0.250 e. The standard InChI is InChI=1S/C17H18ClN3O/c18-14-9-13(16(19)22)10-20-17(14)21-15(12-6-7-12)8-11-4-2-1-3-5-11/h1-5,9-10,12,15H,6-8H2,(H2,19,22)(H,20,21). The monoisotopic (exact) mass is 315 g/mol. The van der Waals surface area contributed by atoms with Crippen molar-refractivity contribution in [3.05, 3.63) is 58.7 Å². The topological polar surface area (TPSA) is 68.0 Å². The van der Waals surface area contributed by atoms with Crippen molar-refractivity contribution in [2.75, 3.05) is 5.32 Å². The summed E-state index contributed by atoms with van der Waals surface area (Å²) in [5, 5.41) is 3.85. The van der Waals surface area contributed by atoms with Crippen LogP contribution in [0.15, 0.2) is 42.6 Å². The Balaban J connectivity index is 1.75. The van der Waals surface area contributed by atoms with E-state index in [-0.39, 0.29) is 0 Å². The summed E-state index contributed by atoms with van der Waals surface area (Å²) in [4.78, 5) is 15.4. The Morgan fingerprint density at radius 3 is 2.68 bits per heavy atom. The molecule has 1 unspecified atom stereocenters. The molecule has 1 aromatic carbocycles. The number of amides is 1. The van der Waals surface area contributed by atoms with Crippen LogP contribution in [0.2, 0.25) is 5.02 Å². The lowest BCUT2D eigenvalue weighted by molar-refractivity contribution is 0.1000. The van der Waals surface area contributed by atoms with Gasteiger partial charge in [0.05, 0.1) is 10.6 Å². The van der Waals surface area contributed by atoms with Crippen molar-refractivity contribution < 1.29 is 4.79 Å². The largest absolute Gasteiger partial charge is 0.366 e. The molecule has 1 amide bonds. The lowest BCUT2D eigenvalue weighted by Gasteiger charge is -2.20. The van der Waals surface area contributed by atoms with Crippen LogP contribution in [0.5, 0.6) is 0 Å². The molecule has 1 heterocycles. The highest BCUT2D eigenvalue weighted by molar-refractivity contribution is 6.33. The SMILES string of the molecule is NC(=O)c1cnc(NC(Cc2ccccc2)C2CC2)c(Cl)c1. The average molecular weight is 316 g/mol. The molecule has 0 saturated heterocycles. The molecule has 5 heteroatoms. The van der Waals surface area contributed by atoms with Crippen molar-refractivity contribution in [3.63, 3.8) is 0 Å². The molecule has 2 aromatic rings. The van der Waals surface area contributed by atoms with Gasteiger partial charge in [0.2, 0.25) is 5.91 Å². The normalized spacial score (nSPS) is 15.3. The van der Waals surface area contributed by atoms with Crippen LogP contribution in [0.25, 0.3) is 0 Å². The minimum Gasteiger partial charge on any atom is -0.366 e. The van der Waals surface area contributed by atoms with E-state index in [9.17, 15) is 4.79 Å². The van der Waals surface area contributed by atoms with E-state index in [1.54, 1.807) is 6.07 Å². The summed E-state index contributed by atoms with van der Waals surface area (Å²) in [6, 6.07) is 12.2. The van der Waals surface area contributed by atoms with E-state index in [0.29, 0.717) is 28.4 Å². The second-order valence-corrected chi connectivity index (χ2v) is 6.10. The zero-order chi connectivity index (χ0) is 15.5. The Bertz CT molecular complexity index is 671. The number of nitrogens with two attached hydrogens (primary N) is 1. The molecular weight excluding hydrogens is 298 g/mol. The predicted octanol–water partition coefficient (Wildman–Crippen LogP) is 3.27. The van der Waals surface area contributed by atoms with E-state index >= 15 is 0 Å². The number of nitrogens with one attached hydrogen (secondary N) is 1. The van der Waals surface area contributed by atoms with E-state index in [2.05, 4.69) is 22.4 Å². The maximum absolute atomic E-state index is 11.1. The van der Waals surface area contributed by atoms with Crippen LogP contribution in [0.3, 0.4) is 0 Å². The molecule has 1 atom stereocenters. The summed E-state index contributed by atoms with van der Waals surface area (Å²) in [5.41, 5.74) is 6.85. The Kier molecular flexibility index (Phi) is 4.29. The van der Waals surface area contributed by atoms with Gasteiger partial charge in [0, 0.05) is 12.2 Å². The minimum atomic E-state index is -0.524. The second kappa shape index (κ2) is 6.36. The quantitative estimate of drug-likeness (QED) is 0.859. The molecule has 1 saturated carbocycles. The van der Waals surface area contributed by atoms with Crippen LogP contribution in [-0.2, 0) is 6.42 Å². The second-order valence-electron chi connectivity index (χ2n) is 5.70. The third-order valence-electron chi connectivity index (χ3n) is 3.94. The number of aromatic nitrogens is 1. The molecule has 0 bridgehead atoms. The number of anilines is 1. The maximum atomic E-state index is 11.1. The van der Waals surface area contributed by atoms with Gasteiger partial charge in [0.15, 0.2) is 0 Å². The van der Waals surface area contributed by atoms with Crippen molar-refractivity contribution in [1.82, 2.24) is 4.98 Å². The molecule has 1 aromatic heterocycles. The number of carbonyl (C=O) groups is 1. The lowest BCUT2D eigenvalue weighted by atomic mass is 10.0. The summed E-state index contributed by atoms with van der Waals surface area (Å²) in [6.07, 6.45) is 4.84. The van der Waals surface area contributed by atoms with Crippen molar-refractivity contribution >= 4 is 23.3 Å². The highest BCUT2D eigenvalue weighted by Crippen LogP contribution is 2.36. The van der Waals surface area contributed by atoms with E-state index in [1.807, 2.05) is 18.2 Å². The van der Waals surface area contributed by atoms with E-state index in [0.717, 1.165) is 6.42 Å². The van der Waals surface area contributed by atoms with Crippen molar-refractivity contribution in [1.29, 1.82) is 0 Å². The van der Waals surface area contributed by atoms with Crippen LogP contribution < -0.4 is 11.1 Å². The first-order chi connectivity index (χ1) is 10.6. The molecule has 1 aliphatic rings. The number of halogens is 1. The predicted molar refractivity (Wildman–Crippen MR) is 88.0 cm³/mol. The average Bonchev–Trinajstić information content (AvgIpc) is 3.34. The number of benzene rings is 1. The van der Waals surface area contributed by atoms with Gasteiger partial charge in [-0.2, -0.15) is 0 Å². The molecule has 1 aliphatic carbocycles. The maximum Gasteiger partial charge on any atom is 0.250 e. The number of primary amides is 1. The summed E-state index contributed by atoms with van der Waals surface area (Å²) in [5.74, 6) is 0.734. The van der Waals surface area contributed by atoms with Gasteiger partial charge in [-0.05, 0) is 36.8 Å². The van der Waals surface area contributed by atoms with Crippen molar-refractivity contribution in [2.45, 2.75) is 25.3 Å². The fraction of sp³-hybridized carbons (Fsp3) is 0.294. The fourth-order valence-electron chi connectivity index (χ4n) is 2.56.